The molecule has 1 saturated heterocycles. The lowest BCUT2D eigenvalue weighted by Crippen LogP contribution is -2.51. The van der Waals surface area contributed by atoms with Crippen LogP contribution in [0.1, 0.15) is 46.9 Å². The first-order valence-electron chi connectivity index (χ1n) is 11.2. The molecule has 9 nitrogen and oxygen atoms in total. The summed E-state index contributed by atoms with van der Waals surface area (Å²) in [7, 11) is 0. The Hall–Kier alpha value is -2.85. The van der Waals surface area contributed by atoms with Gasteiger partial charge in [-0.2, -0.15) is 0 Å². The van der Waals surface area contributed by atoms with E-state index in [1.54, 1.807) is 36.4 Å². The van der Waals surface area contributed by atoms with Gasteiger partial charge in [0.1, 0.15) is 6.04 Å². The Balaban J connectivity index is 1.62. The molecule has 0 bridgehead atoms. The van der Waals surface area contributed by atoms with Crippen molar-refractivity contribution in [3.05, 3.63) is 63.1 Å². The first-order chi connectivity index (χ1) is 16.7. The summed E-state index contributed by atoms with van der Waals surface area (Å²) in [5.41, 5.74) is 1.24. The van der Waals surface area contributed by atoms with E-state index in [9.17, 15) is 24.6 Å². The minimum absolute atomic E-state index is 0.0379. The Labute approximate surface area is 212 Å². The van der Waals surface area contributed by atoms with Gasteiger partial charge in [0.15, 0.2) is 0 Å². The molecule has 3 atom stereocenters. The molecule has 0 radical (unpaired) electrons. The summed E-state index contributed by atoms with van der Waals surface area (Å²) in [5, 5.41) is 35.5. The maximum absolute atomic E-state index is 12.8. The van der Waals surface area contributed by atoms with Gasteiger partial charge in [-0.1, -0.05) is 35.3 Å². The molecule has 7 N–H and O–H groups in total. The minimum atomic E-state index is -1.37. The van der Waals surface area contributed by atoms with Crippen LogP contribution in [0.15, 0.2) is 36.4 Å². The molecule has 3 rings (SSSR count). The molecule has 2 amide bonds. The number of carbonyl (C=O) groups excluding carboxylic acids is 2. The smallest absolute Gasteiger partial charge is 0.328 e. The number of hydrogen-bond acceptors (Lipinski definition) is 5. The van der Waals surface area contributed by atoms with Gasteiger partial charge in [0.2, 0.25) is 5.91 Å². The molecule has 1 aliphatic rings. The molecule has 188 valence electrons. The standard InChI is InChI=1S/C24H27Cl2N3O6/c25-16-9-13(6-7-20(31)14-3-1-4-15(30)11-14)10-17(26)21(16)23(33)29-19(24(34)35)12-28-22(32)18-5-2-8-27-18/h1,3-4,9-11,18-20,27,30-31H,2,5-8,12H2,(H,28,32)(H,29,33)(H,34,35)/p+1/t18-,19-,20?/m0/s1. The van der Waals surface area contributed by atoms with E-state index in [4.69, 9.17) is 28.3 Å². The van der Waals surface area contributed by atoms with Crippen LogP contribution in [0.25, 0.3) is 0 Å². The van der Waals surface area contributed by atoms with Gasteiger partial charge in [0.05, 0.1) is 27.8 Å². The zero-order valence-electron chi connectivity index (χ0n) is 18.8. The summed E-state index contributed by atoms with van der Waals surface area (Å²) in [4.78, 5) is 36.5. The fraction of sp³-hybridized carbons (Fsp3) is 0.375. The summed E-state index contributed by atoms with van der Waals surface area (Å²) >= 11 is 12.6. The quantitative estimate of drug-likeness (QED) is 0.300. The van der Waals surface area contributed by atoms with Crippen LogP contribution < -0.4 is 16.0 Å². The number of aliphatic carboxylic acids is 1. The van der Waals surface area contributed by atoms with Crippen LogP contribution in [-0.2, 0) is 16.0 Å². The van der Waals surface area contributed by atoms with Gasteiger partial charge in [-0.05, 0) is 55.5 Å². The van der Waals surface area contributed by atoms with E-state index in [0.29, 0.717) is 36.1 Å². The molecular formula is C24H28Cl2N3O6+. The lowest BCUT2D eigenvalue weighted by atomic mass is 10.00. The molecule has 1 heterocycles. The summed E-state index contributed by atoms with van der Waals surface area (Å²) < 4.78 is 0. The Morgan fingerprint density at radius 1 is 1.17 bits per heavy atom. The molecule has 1 aliphatic heterocycles. The Bertz CT molecular complexity index is 1070. The second kappa shape index (κ2) is 12.2. The number of benzene rings is 2. The third-order valence-corrected chi connectivity index (χ3v) is 6.36. The molecular weight excluding hydrogens is 497 g/mol. The van der Waals surface area contributed by atoms with Gasteiger partial charge in [0.25, 0.3) is 11.7 Å². The number of carboxylic acids is 1. The zero-order valence-corrected chi connectivity index (χ0v) is 20.3. The van der Waals surface area contributed by atoms with E-state index < -0.39 is 24.0 Å². The fourth-order valence-corrected chi connectivity index (χ4v) is 4.57. The first-order valence-corrected chi connectivity index (χ1v) is 11.9. The highest BCUT2D eigenvalue weighted by Gasteiger charge is 2.27. The van der Waals surface area contributed by atoms with Crippen LogP contribution in [0.3, 0.4) is 0 Å². The van der Waals surface area contributed by atoms with E-state index in [-0.39, 0.29) is 34.1 Å². The number of amides is 2. The van der Waals surface area contributed by atoms with Crippen molar-refractivity contribution in [2.24, 2.45) is 0 Å². The summed E-state index contributed by atoms with van der Waals surface area (Å²) in [6.45, 7) is 0.435. The van der Waals surface area contributed by atoms with Crippen LogP contribution in [0, 0.1) is 0 Å². The van der Waals surface area contributed by atoms with Gasteiger partial charge in [-0.15, -0.1) is 0 Å². The number of carboxylic acid groups (broad SMARTS) is 1. The van der Waals surface area contributed by atoms with Crippen LogP contribution in [-0.4, -0.2) is 58.3 Å². The van der Waals surface area contributed by atoms with Crippen molar-refractivity contribution >= 4 is 41.0 Å². The average molecular weight is 525 g/mol. The van der Waals surface area contributed by atoms with Crippen LogP contribution in [0.4, 0.5) is 0 Å². The monoisotopic (exact) mass is 524 g/mol. The molecule has 1 fully saturated rings. The zero-order chi connectivity index (χ0) is 25.5. The van der Waals surface area contributed by atoms with Crippen LogP contribution in [0.2, 0.25) is 10.0 Å². The van der Waals surface area contributed by atoms with Crippen LogP contribution in [0.5, 0.6) is 5.75 Å². The molecule has 2 aromatic carbocycles. The van der Waals surface area contributed by atoms with Gasteiger partial charge in [0, 0.05) is 18.7 Å². The van der Waals surface area contributed by atoms with E-state index >= 15 is 0 Å². The first kappa shape index (κ1) is 26.7. The second-order valence-electron chi connectivity index (χ2n) is 8.37. The Kier molecular flexibility index (Phi) is 9.33. The van der Waals surface area contributed by atoms with Crippen molar-refractivity contribution in [2.75, 3.05) is 13.1 Å². The van der Waals surface area contributed by atoms with E-state index in [1.807, 2.05) is 0 Å². The number of aliphatic hydroxyl groups is 1. The summed E-state index contributed by atoms with van der Waals surface area (Å²) in [5.74, 6) is -2.11. The lowest BCUT2D eigenvalue weighted by Gasteiger charge is -2.18. The number of aryl methyl sites for hydroxylation is 1. The Morgan fingerprint density at radius 2 is 1.89 bits per heavy atom. The third kappa shape index (κ3) is 7.32. The number of rotatable bonds is 10. The number of aliphatic hydroxyl groups excluding tert-OH is 1. The van der Waals surface area contributed by atoms with Gasteiger partial charge in [-0.3, -0.25) is 9.59 Å². The second-order valence-corrected chi connectivity index (χ2v) is 9.19. The molecule has 1 unspecified atom stereocenters. The van der Waals surface area contributed by atoms with Gasteiger partial charge in [-0.25, -0.2) is 4.79 Å². The maximum atomic E-state index is 12.8. The van der Waals surface area contributed by atoms with Crippen molar-refractivity contribution < 1.29 is 29.7 Å². The van der Waals surface area contributed by atoms with Crippen molar-refractivity contribution in [1.82, 2.24) is 16.0 Å². The molecule has 0 saturated carbocycles. The summed E-state index contributed by atoms with van der Waals surface area (Å²) in [6, 6.07) is 7.98. The van der Waals surface area contributed by atoms with E-state index in [2.05, 4.69) is 16.0 Å². The highest BCUT2D eigenvalue weighted by Crippen LogP contribution is 2.29. The third-order valence-electron chi connectivity index (χ3n) is 5.77. The van der Waals surface area contributed by atoms with Crippen molar-refractivity contribution in [1.29, 1.82) is 0 Å². The summed E-state index contributed by atoms with van der Waals surface area (Å²) in [6.07, 6.45) is 1.50. The molecule has 35 heavy (non-hydrogen) atoms. The SMILES string of the molecule is O=C(N[C@@H](CNC(=O)[C@@H]1CCCN1)C(=O)O)c1c(Cl)cc(CCC(O)c2cccc([OH2+])c2)cc1Cl. The van der Waals surface area contributed by atoms with Crippen molar-refractivity contribution in [3.63, 3.8) is 0 Å². The number of hydrogen-bond donors (Lipinski definition) is 5. The van der Waals surface area contributed by atoms with Crippen molar-refractivity contribution in [2.45, 2.75) is 43.9 Å². The lowest BCUT2D eigenvalue weighted by molar-refractivity contribution is -0.139. The molecule has 0 aliphatic carbocycles. The minimum Gasteiger partial charge on any atom is -0.593 e. The van der Waals surface area contributed by atoms with Gasteiger partial charge < -0.3 is 31.3 Å². The predicted molar refractivity (Wildman–Crippen MR) is 132 cm³/mol. The largest absolute Gasteiger partial charge is 0.593 e. The maximum Gasteiger partial charge on any atom is 0.328 e. The van der Waals surface area contributed by atoms with Gasteiger partial charge >= 0.3 is 5.97 Å². The number of nitrogens with one attached hydrogen (secondary N) is 3. The van der Waals surface area contributed by atoms with Crippen molar-refractivity contribution in [3.8, 4) is 5.75 Å². The van der Waals surface area contributed by atoms with Crippen LogP contribution >= 0.6 is 23.2 Å². The predicted octanol–water partition coefficient (Wildman–Crippen LogP) is 2.15. The Morgan fingerprint density at radius 3 is 2.49 bits per heavy atom. The number of halogens is 2. The molecule has 2 aromatic rings. The topological polar surface area (TPSA) is 151 Å². The number of carbonyl (C=O) groups is 3. The average Bonchev–Trinajstić information content (AvgIpc) is 3.34. The highest BCUT2D eigenvalue weighted by molar-refractivity contribution is 6.39. The highest BCUT2D eigenvalue weighted by atomic mass is 35.5. The van der Waals surface area contributed by atoms with E-state index in [1.165, 1.54) is 0 Å². The molecule has 11 heteroatoms. The van der Waals surface area contributed by atoms with E-state index in [0.717, 1.165) is 13.0 Å². The normalized spacial score (nSPS) is 16.9. The molecule has 0 spiro atoms. The fourth-order valence-electron chi connectivity index (χ4n) is 3.87. The molecule has 0 aromatic heterocycles.